The summed E-state index contributed by atoms with van der Waals surface area (Å²) in [5.41, 5.74) is -0.475. The van der Waals surface area contributed by atoms with Crippen LogP contribution in [-0.2, 0) is 16.6 Å². The Bertz CT molecular complexity index is 738. The monoisotopic (exact) mass is 296 g/mol. The zero-order valence-electron chi connectivity index (χ0n) is 10.5. The van der Waals surface area contributed by atoms with Crippen molar-refractivity contribution in [3.05, 3.63) is 36.5 Å². The maximum atomic E-state index is 12.1. The molecule has 0 amide bonds. The van der Waals surface area contributed by atoms with Gasteiger partial charge >= 0.3 is 5.97 Å². The predicted octanol–water partition coefficient (Wildman–Crippen LogP) is 0.797. The lowest BCUT2D eigenvalue weighted by Gasteiger charge is -2.07. The van der Waals surface area contributed by atoms with Crippen molar-refractivity contribution < 1.29 is 18.3 Å². The molecule has 2 aromatic heterocycles. The molecule has 0 aliphatic carbocycles. The average molecular weight is 296 g/mol. The fourth-order valence-corrected chi connectivity index (χ4v) is 2.53. The summed E-state index contributed by atoms with van der Waals surface area (Å²) >= 11 is 0. The average Bonchev–Trinajstić information content (AvgIpc) is 2.88. The third kappa shape index (κ3) is 2.77. The maximum Gasteiger partial charge on any atom is 0.356 e. The number of aryl methyl sites for hydroxylation is 1. The molecular formula is C11H12N4O4S. The lowest BCUT2D eigenvalue weighted by molar-refractivity contribution is 0.0692. The third-order valence-corrected chi connectivity index (χ3v) is 3.75. The quantitative estimate of drug-likeness (QED) is 0.843. The van der Waals surface area contributed by atoms with Gasteiger partial charge in [0.05, 0.1) is 12.0 Å². The van der Waals surface area contributed by atoms with E-state index in [0.29, 0.717) is 6.54 Å². The molecule has 0 bridgehead atoms. The Morgan fingerprint density at radius 2 is 2.20 bits per heavy atom. The smallest absolute Gasteiger partial charge is 0.356 e. The summed E-state index contributed by atoms with van der Waals surface area (Å²) in [6.07, 6.45) is 4.02. The molecular weight excluding hydrogens is 284 g/mol. The fourth-order valence-electron chi connectivity index (χ4n) is 1.51. The van der Waals surface area contributed by atoms with Gasteiger partial charge in [-0.15, -0.1) is 0 Å². The van der Waals surface area contributed by atoms with E-state index in [1.54, 1.807) is 4.57 Å². The van der Waals surface area contributed by atoms with Crippen LogP contribution in [0.2, 0.25) is 0 Å². The highest BCUT2D eigenvalue weighted by Gasteiger charge is 2.21. The summed E-state index contributed by atoms with van der Waals surface area (Å²) in [7, 11) is -3.94. The van der Waals surface area contributed by atoms with Crippen molar-refractivity contribution in [2.45, 2.75) is 18.5 Å². The van der Waals surface area contributed by atoms with E-state index in [4.69, 9.17) is 5.11 Å². The molecule has 2 heterocycles. The molecule has 0 aliphatic heterocycles. The molecule has 0 unspecified atom stereocenters. The number of hydrogen-bond acceptors (Lipinski definition) is 5. The highest BCUT2D eigenvalue weighted by atomic mass is 32.2. The van der Waals surface area contributed by atoms with Gasteiger partial charge in [0, 0.05) is 18.9 Å². The van der Waals surface area contributed by atoms with Gasteiger partial charge in [0.2, 0.25) is 0 Å². The van der Waals surface area contributed by atoms with Gasteiger partial charge in [0.25, 0.3) is 10.0 Å². The minimum absolute atomic E-state index is 0.106. The van der Waals surface area contributed by atoms with Crippen LogP contribution >= 0.6 is 0 Å². The van der Waals surface area contributed by atoms with Gasteiger partial charge in [-0.3, -0.25) is 4.72 Å². The number of anilines is 1. The van der Waals surface area contributed by atoms with E-state index in [1.165, 1.54) is 30.9 Å². The van der Waals surface area contributed by atoms with Gasteiger partial charge < -0.3 is 9.67 Å². The highest BCUT2D eigenvalue weighted by Crippen LogP contribution is 2.17. The molecule has 9 heteroatoms. The molecule has 2 aromatic rings. The molecule has 0 aliphatic rings. The van der Waals surface area contributed by atoms with Crippen LogP contribution in [-0.4, -0.2) is 34.0 Å². The highest BCUT2D eigenvalue weighted by molar-refractivity contribution is 7.92. The summed E-state index contributed by atoms with van der Waals surface area (Å²) in [5, 5.41) is 8.78. The van der Waals surface area contributed by atoms with Crippen molar-refractivity contribution in [3.63, 3.8) is 0 Å². The number of hydrogen-bond donors (Lipinski definition) is 2. The molecule has 0 atom stereocenters. The summed E-state index contributed by atoms with van der Waals surface area (Å²) in [6, 6.07) is 2.76. The summed E-state index contributed by atoms with van der Waals surface area (Å²) in [6.45, 7) is 2.42. The van der Waals surface area contributed by atoms with Gasteiger partial charge in [-0.25, -0.2) is 14.8 Å². The number of rotatable bonds is 5. The van der Waals surface area contributed by atoms with Crippen LogP contribution in [0.25, 0.3) is 0 Å². The van der Waals surface area contributed by atoms with Gasteiger partial charge in [-0.2, -0.15) is 8.42 Å². The zero-order chi connectivity index (χ0) is 14.8. The number of sulfonamides is 1. The first-order chi connectivity index (χ1) is 9.44. The van der Waals surface area contributed by atoms with Crippen molar-refractivity contribution in [2.75, 3.05) is 4.72 Å². The largest absolute Gasteiger partial charge is 0.476 e. The Labute approximate surface area is 115 Å². The lowest BCUT2D eigenvalue weighted by Crippen LogP contribution is -2.16. The van der Waals surface area contributed by atoms with Crippen molar-refractivity contribution in [1.29, 1.82) is 0 Å². The molecule has 0 fully saturated rings. The minimum atomic E-state index is -3.94. The number of aromatic carboxylic acids is 1. The van der Waals surface area contributed by atoms with Crippen LogP contribution in [0.15, 0.2) is 35.9 Å². The number of carbonyl (C=O) groups is 1. The lowest BCUT2D eigenvalue weighted by atomic mass is 10.3. The Morgan fingerprint density at radius 1 is 1.45 bits per heavy atom. The Hall–Kier alpha value is -2.42. The molecule has 20 heavy (non-hydrogen) atoms. The number of nitrogens with one attached hydrogen (secondary N) is 1. The van der Waals surface area contributed by atoms with Gasteiger partial charge in [0.15, 0.2) is 10.7 Å². The topological polar surface area (TPSA) is 114 Å². The molecule has 0 radical (unpaired) electrons. The molecule has 8 nitrogen and oxygen atoms in total. The van der Waals surface area contributed by atoms with E-state index < -0.39 is 16.0 Å². The number of carboxylic acids is 1. The molecule has 0 spiro atoms. The summed E-state index contributed by atoms with van der Waals surface area (Å²) < 4.78 is 28.0. The number of carboxylic acid groups (broad SMARTS) is 1. The van der Waals surface area contributed by atoms with E-state index in [1.807, 2.05) is 6.92 Å². The number of nitrogens with zero attached hydrogens (tertiary/aromatic N) is 3. The molecule has 0 aromatic carbocycles. The second-order valence-electron chi connectivity index (χ2n) is 3.85. The molecule has 0 saturated carbocycles. The van der Waals surface area contributed by atoms with Gasteiger partial charge in [-0.1, -0.05) is 0 Å². The summed E-state index contributed by atoms with van der Waals surface area (Å²) in [4.78, 5) is 18.4. The van der Waals surface area contributed by atoms with Crippen molar-refractivity contribution >= 4 is 21.7 Å². The first kappa shape index (κ1) is 14.0. The first-order valence-corrected chi connectivity index (χ1v) is 7.15. The number of aromatic nitrogens is 3. The van der Waals surface area contributed by atoms with Gasteiger partial charge in [0.1, 0.15) is 0 Å². The number of pyridine rings is 1. The van der Waals surface area contributed by atoms with Crippen molar-refractivity contribution in [3.8, 4) is 0 Å². The second-order valence-corrected chi connectivity index (χ2v) is 5.48. The zero-order valence-corrected chi connectivity index (χ0v) is 11.3. The molecule has 2 N–H and O–H groups in total. The number of imidazole rings is 1. The van der Waals surface area contributed by atoms with Crippen LogP contribution in [0.3, 0.4) is 0 Å². The Balaban J connectivity index is 2.36. The van der Waals surface area contributed by atoms with Crippen LogP contribution in [0, 0.1) is 0 Å². The second kappa shape index (κ2) is 5.29. The van der Waals surface area contributed by atoms with Crippen LogP contribution < -0.4 is 4.72 Å². The van der Waals surface area contributed by atoms with Crippen molar-refractivity contribution in [2.24, 2.45) is 0 Å². The Morgan fingerprint density at radius 3 is 2.80 bits per heavy atom. The fraction of sp³-hybridized carbons (Fsp3) is 0.182. The van der Waals surface area contributed by atoms with E-state index in [-0.39, 0.29) is 16.4 Å². The van der Waals surface area contributed by atoms with Crippen LogP contribution in [0.1, 0.15) is 17.4 Å². The maximum absolute atomic E-state index is 12.1. The van der Waals surface area contributed by atoms with Gasteiger partial charge in [-0.05, 0) is 19.1 Å². The normalized spacial score (nSPS) is 11.2. The van der Waals surface area contributed by atoms with E-state index in [2.05, 4.69) is 14.7 Å². The van der Waals surface area contributed by atoms with E-state index >= 15 is 0 Å². The van der Waals surface area contributed by atoms with E-state index in [0.717, 1.165) is 0 Å². The molecule has 2 rings (SSSR count). The Kier molecular flexibility index (Phi) is 3.70. The SMILES string of the molecule is CCn1cnc(S(=O)(=O)Nc2cccnc2C(=O)O)c1. The van der Waals surface area contributed by atoms with E-state index in [9.17, 15) is 13.2 Å². The molecule has 0 saturated heterocycles. The third-order valence-electron chi connectivity index (χ3n) is 2.50. The predicted molar refractivity (Wildman–Crippen MR) is 69.9 cm³/mol. The van der Waals surface area contributed by atoms with Crippen LogP contribution in [0.5, 0.6) is 0 Å². The molecule has 106 valence electrons. The summed E-state index contributed by atoms with van der Waals surface area (Å²) in [5.74, 6) is -1.32. The standard InChI is InChI=1S/C11H12N4O4S/c1-2-15-6-9(13-7-15)20(18,19)14-8-4-3-5-12-10(8)11(16)17/h3-7,14H,2H2,1H3,(H,16,17). The van der Waals surface area contributed by atoms with Crippen LogP contribution in [0.4, 0.5) is 5.69 Å². The minimum Gasteiger partial charge on any atom is -0.476 e. The van der Waals surface area contributed by atoms with Crippen molar-refractivity contribution in [1.82, 2.24) is 14.5 Å². The first-order valence-electron chi connectivity index (χ1n) is 5.67.